The van der Waals surface area contributed by atoms with E-state index in [0.717, 1.165) is 4.90 Å². The van der Waals surface area contributed by atoms with Crippen molar-refractivity contribution in [2.45, 2.75) is 37.0 Å². The smallest absolute Gasteiger partial charge is 0.330 e. The third-order valence-corrected chi connectivity index (χ3v) is 8.68. The Kier molecular flexibility index (Phi) is 11.1. The van der Waals surface area contributed by atoms with E-state index in [2.05, 4.69) is 10.6 Å². The number of nitrogens with two attached hydrogens (primary N) is 1. The SMILES string of the molecule is N=C(N)c1ccc(C2(Cc3ccccc3)C(=O)N(CC(=O)N[C@@H](CC(=O)O)C(=O)N[C@H](C(=O)O)c3ccccc3)C(=O)N2Cc2ccccc2)cc1. The number of nitrogens with one attached hydrogen (secondary N) is 3. The summed E-state index contributed by atoms with van der Waals surface area (Å²) in [7, 11) is 0. The number of urea groups is 1. The second-order valence-corrected chi connectivity index (χ2v) is 12.2. The fraction of sp³-hybridized carbons (Fsp3) is 0.184. The lowest BCUT2D eigenvalue weighted by Crippen LogP contribution is -2.52. The molecule has 1 unspecified atom stereocenters. The van der Waals surface area contributed by atoms with Gasteiger partial charge in [-0.3, -0.25) is 29.5 Å². The van der Waals surface area contributed by atoms with Gasteiger partial charge in [-0.2, -0.15) is 0 Å². The lowest BCUT2D eigenvalue weighted by Gasteiger charge is -2.36. The van der Waals surface area contributed by atoms with Crippen LogP contribution in [0.1, 0.15) is 40.3 Å². The van der Waals surface area contributed by atoms with Gasteiger partial charge in [0.2, 0.25) is 11.8 Å². The Morgan fingerprint density at radius 2 is 1.33 bits per heavy atom. The first kappa shape index (κ1) is 36.5. The fourth-order valence-corrected chi connectivity index (χ4v) is 6.16. The molecule has 0 radical (unpaired) electrons. The van der Waals surface area contributed by atoms with Crippen molar-refractivity contribution >= 4 is 41.5 Å². The normalized spacial score (nSPS) is 16.5. The van der Waals surface area contributed by atoms with Crippen LogP contribution < -0.4 is 16.4 Å². The van der Waals surface area contributed by atoms with E-state index in [9.17, 15) is 39.0 Å². The first-order valence-corrected chi connectivity index (χ1v) is 16.2. The molecule has 1 aliphatic rings. The minimum Gasteiger partial charge on any atom is -0.481 e. The van der Waals surface area contributed by atoms with Gasteiger partial charge in [0.05, 0.1) is 6.42 Å². The lowest BCUT2D eigenvalue weighted by atomic mass is 9.81. The maximum Gasteiger partial charge on any atom is 0.330 e. The van der Waals surface area contributed by atoms with E-state index in [-0.39, 0.29) is 24.4 Å². The molecular formula is C38H36N6O8. The van der Waals surface area contributed by atoms with Crippen molar-refractivity contribution in [3.05, 3.63) is 143 Å². The van der Waals surface area contributed by atoms with Crippen LogP contribution in [0.3, 0.4) is 0 Å². The van der Waals surface area contributed by atoms with Crippen molar-refractivity contribution in [2.75, 3.05) is 6.54 Å². The number of carbonyl (C=O) groups is 6. The quantitative estimate of drug-likeness (QED) is 0.0607. The minimum absolute atomic E-state index is 0.00287. The monoisotopic (exact) mass is 704 g/mol. The summed E-state index contributed by atoms with van der Waals surface area (Å²) in [6.07, 6.45) is -0.913. The van der Waals surface area contributed by atoms with Gasteiger partial charge in [-0.05, 0) is 22.3 Å². The predicted molar refractivity (Wildman–Crippen MR) is 188 cm³/mol. The van der Waals surface area contributed by atoms with E-state index in [1.165, 1.54) is 17.0 Å². The molecule has 1 aliphatic heterocycles. The molecule has 266 valence electrons. The second kappa shape index (κ2) is 15.8. The highest BCUT2D eigenvalue weighted by Gasteiger charge is 2.58. The van der Waals surface area contributed by atoms with Gasteiger partial charge >= 0.3 is 18.0 Å². The molecule has 0 bridgehead atoms. The largest absolute Gasteiger partial charge is 0.481 e. The molecule has 0 spiro atoms. The molecule has 1 fully saturated rings. The maximum absolute atomic E-state index is 14.8. The van der Waals surface area contributed by atoms with Crippen LogP contribution in [0.15, 0.2) is 115 Å². The Hall–Kier alpha value is -6.83. The number of carbonyl (C=O) groups excluding carboxylic acids is 4. The van der Waals surface area contributed by atoms with Crippen molar-refractivity contribution in [1.82, 2.24) is 20.4 Å². The van der Waals surface area contributed by atoms with E-state index in [4.69, 9.17) is 11.1 Å². The summed E-state index contributed by atoms with van der Waals surface area (Å²) in [6, 6.07) is 27.8. The summed E-state index contributed by atoms with van der Waals surface area (Å²) < 4.78 is 0. The van der Waals surface area contributed by atoms with E-state index in [0.29, 0.717) is 22.3 Å². The van der Waals surface area contributed by atoms with Gasteiger partial charge in [-0.1, -0.05) is 115 Å². The maximum atomic E-state index is 14.8. The molecule has 52 heavy (non-hydrogen) atoms. The number of nitrogen functional groups attached to an aromatic ring is 1. The molecule has 14 nitrogen and oxygen atoms in total. The van der Waals surface area contributed by atoms with Gasteiger partial charge < -0.3 is 31.5 Å². The number of carboxylic acids is 2. The molecule has 0 saturated carbocycles. The van der Waals surface area contributed by atoms with Crippen LogP contribution in [0.2, 0.25) is 0 Å². The Balaban J connectivity index is 1.49. The summed E-state index contributed by atoms with van der Waals surface area (Å²) in [6.45, 7) is -0.916. The highest BCUT2D eigenvalue weighted by molar-refractivity contribution is 6.10. The molecular weight excluding hydrogens is 668 g/mol. The molecule has 5 amide bonds. The topological polar surface area (TPSA) is 223 Å². The van der Waals surface area contributed by atoms with E-state index in [1.807, 2.05) is 0 Å². The van der Waals surface area contributed by atoms with Gasteiger partial charge in [0, 0.05) is 18.5 Å². The zero-order chi connectivity index (χ0) is 37.4. The molecule has 0 aliphatic carbocycles. The molecule has 4 aromatic carbocycles. The highest BCUT2D eigenvalue weighted by Crippen LogP contribution is 2.41. The van der Waals surface area contributed by atoms with Crippen molar-refractivity contribution in [3.63, 3.8) is 0 Å². The van der Waals surface area contributed by atoms with E-state index >= 15 is 0 Å². The third kappa shape index (κ3) is 7.97. The average molecular weight is 705 g/mol. The average Bonchev–Trinajstić information content (AvgIpc) is 3.32. The third-order valence-electron chi connectivity index (χ3n) is 8.68. The standard InChI is InChI=1S/C38H36N6O8/c39-33(40)27-16-18-28(19-17-27)38(21-24-10-4-1-5-11-24)36(51)43(37(52)44(38)22-25-12-6-2-7-13-25)23-30(45)41-29(20-31(46)47)34(48)42-32(35(49)50)26-14-8-3-9-15-26/h1-19,29,32H,20-23H2,(H3,39,40)(H,41,45)(H,42,48)(H,46,47)(H,49,50)/t29-,32-,38?/m0/s1. The van der Waals surface area contributed by atoms with Crippen LogP contribution >= 0.6 is 0 Å². The summed E-state index contributed by atoms with van der Waals surface area (Å²) in [5, 5.41) is 31.7. The molecule has 1 saturated heterocycles. The summed E-state index contributed by atoms with van der Waals surface area (Å²) in [5.41, 5.74) is 6.39. The molecule has 4 aromatic rings. The van der Waals surface area contributed by atoms with Crippen LogP contribution in [0.5, 0.6) is 0 Å². The van der Waals surface area contributed by atoms with Crippen LogP contribution in [0.4, 0.5) is 4.79 Å². The number of imide groups is 1. The number of benzene rings is 4. The Morgan fingerprint density at radius 3 is 1.87 bits per heavy atom. The summed E-state index contributed by atoms with van der Waals surface area (Å²) in [5.74, 6) is -5.96. The van der Waals surface area contributed by atoms with Crippen molar-refractivity contribution in [3.8, 4) is 0 Å². The van der Waals surface area contributed by atoms with Crippen LogP contribution in [0, 0.1) is 5.41 Å². The molecule has 7 N–H and O–H groups in total. The Labute approximate surface area is 298 Å². The molecule has 1 heterocycles. The first-order valence-electron chi connectivity index (χ1n) is 16.2. The number of rotatable bonds is 15. The van der Waals surface area contributed by atoms with Crippen LogP contribution in [-0.4, -0.2) is 74.1 Å². The second-order valence-electron chi connectivity index (χ2n) is 12.2. The number of nitrogens with zero attached hydrogens (tertiary/aromatic N) is 2. The van der Waals surface area contributed by atoms with Crippen molar-refractivity contribution in [1.29, 1.82) is 5.41 Å². The van der Waals surface area contributed by atoms with Crippen LogP contribution in [0.25, 0.3) is 0 Å². The van der Waals surface area contributed by atoms with Gasteiger partial charge in [0.25, 0.3) is 5.91 Å². The molecule has 5 rings (SSSR count). The Morgan fingerprint density at radius 1 is 0.769 bits per heavy atom. The van der Waals surface area contributed by atoms with E-state index in [1.54, 1.807) is 103 Å². The lowest BCUT2D eigenvalue weighted by molar-refractivity contribution is -0.144. The highest BCUT2D eigenvalue weighted by atomic mass is 16.4. The summed E-state index contributed by atoms with van der Waals surface area (Å²) >= 11 is 0. The van der Waals surface area contributed by atoms with Gasteiger partial charge in [-0.15, -0.1) is 0 Å². The van der Waals surface area contributed by atoms with Crippen molar-refractivity contribution in [2.24, 2.45) is 5.73 Å². The number of amides is 5. The number of hydrogen-bond acceptors (Lipinski definition) is 7. The minimum atomic E-state index is -1.75. The number of aliphatic carboxylic acids is 2. The zero-order valence-corrected chi connectivity index (χ0v) is 27.8. The number of hydrogen-bond donors (Lipinski definition) is 6. The number of carboxylic acid groups (broad SMARTS) is 2. The predicted octanol–water partition coefficient (Wildman–Crippen LogP) is 2.77. The molecule has 0 aromatic heterocycles. The number of amidine groups is 1. The summed E-state index contributed by atoms with van der Waals surface area (Å²) in [4.78, 5) is 81.8. The van der Waals surface area contributed by atoms with Gasteiger partial charge in [0.1, 0.15) is 18.4 Å². The van der Waals surface area contributed by atoms with Crippen LogP contribution in [-0.2, 0) is 42.5 Å². The van der Waals surface area contributed by atoms with Gasteiger partial charge in [0.15, 0.2) is 11.6 Å². The first-order chi connectivity index (χ1) is 24.9. The molecule has 14 heteroatoms. The van der Waals surface area contributed by atoms with E-state index < -0.39 is 66.3 Å². The fourth-order valence-electron chi connectivity index (χ4n) is 6.16. The van der Waals surface area contributed by atoms with Gasteiger partial charge in [-0.25, -0.2) is 9.59 Å². The zero-order valence-electron chi connectivity index (χ0n) is 27.8. The van der Waals surface area contributed by atoms with Crippen molar-refractivity contribution < 1.29 is 39.0 Å². The molecule has 3 atom stereocenters. The Bertz CT molecular complexity index is 1980.